The van der Waals surface area contributed by atoms with Gasteiger partial charge in [-0.25, -0.2) is 13.4 Å². The first kappa shape index (κ1) is 15.0. The zero-order valence-electron chi connectivity index (χ0n) is 10.1. The van der Waals surface area contributed by atoms with E-state index in [1.165, 1.54) is 6.08 Å². The van der Waals surface area contributed by atoms with E-state index < -0.39 is 10.0 Å². The first-order valence-electron chi connectivity index (χ1n) is 5.53. The molecule has 1 heterocycles. The van der Waals surface area contributed by atoms with E-state index in [-0.39, 0.29) is 0 Å². The third kappa shape index (κ3) is 4.33. The van der Waals surface area contributed by atoms with E-state index in [4.69, 9.17) is 11.6 Å². The summed E-state index contributed by atoms with van der Waals surface area (Å²) in [5.74, 6) is 0. The summed E-state index contributed by atoms with van der Waals surface area (Å²) in [5.41, 5.74) is 1.12. The van der Waals surface area contributed by atoms with Gasteiger partial charge in [-0.15, -0.1) is 0 Å². The fourth-order valence-electron chi connectivity index (χ4n) is 1.39. The highest BCUT2D eigenvalue weighted by Gasteiger charge is 2.08. The predicted molar refractivity (Wildman–Crippen MR) is 85.0 cm³/mol. The zero-order valence-corrected chi connectivity index (χ0v) is 13.3. The molecule has 0 atom stereocenters. The molecule has 2 rings (SSSR count). The average Bonchev–Trinajstić information content (AvgIpc) is 2.41. The van der Waals surface area contributed by atoms with Gasteiger partial charge in [-0.3, -0.25) is 4.72 Å². The second-order valence-electron chi connectivity index (χ2n) is 3.84. The number of rotatable bonds is 4. The predicted octanol–water partition coefficient (Wildman–Crippen LogP) is 3.91. The third-order valence-corrected chi connectivity index (χ3v) is 4.20. The van der Waals surface area contributed by atoms with Gasteiger partial charge in [-0.2, -0.15) is 0 Å². The van der Waals surface area contributed by atoms with E-state index in [9.17, 15) is 8.42 Å². The van der Waals surface area contributed by atoms with Crippen molar-refractivity contribution in [2.24, 2.45) is 0 Å². The van der Waals surface area contributed by atoms with Crippen molar-refractivity contribution >= 4 is 49.3 Å². The van der Waals surface area contributed by atoms with Gasteiger partial charge in [-0.05, 0) is 51.8 Å². The van der Waals surface area contributed by atoms with Crippen LogP contribution in [0.3, 0.4) is 0 Å². The molecule has 1 N–H and O–H groups in total. The number of hydrogen-bond acceptors (Lipinski definition) is 3. The number of halogens is 2. The lowest BCUT2D eigenvalue weighted by atomic mass is 10.2. The van der Waals surface area contributed by atoms with Crippen molar-refractivity contribution in [1.82, 2.24) is 4.98 Å². The summed E-state index contributed by atoms with van der Waals surface area (Å²) in [5, 5.41) is 1.69. The summed E-state index contributed by atoms with van der Waals surface area (Å²) in [6, 6.07) is 10.1. The van der Waals surface area contributed by atoms with Crippen molar-refractivity contribution < 1.29 is 8.42 Å². The molecule has 0 radical (unpaired) electrons. The zero-order chi connectivity index (χ0) is 14.6. The van der Waals surface area contributed by atoms with Gasteiger partial charge in [0, 0.05) is 11.2 Å². The molecule has 0 bridgehead atoms. The Balaban J connectivity index is 2.15. The van der Waals surface area contributed by atoms with Crippen LogP contribution in [0.2, 0.25) is 5.02 Å². The number of benzene rings is 1. The SMILES string of the molecule is O=S(=O)(/C=C/c1ccc(Cl)cc1)Nc1cccnc1Br. The monoisotopic (exact) mass is 372 g/mol. The van der Waals surface area contributed by atoms with Crippen molar-refractivity contribution in [1.29, 1.82) is 0 Å². The molecule has 4 nitrogen and oxygen atoms in total. The number of aromatic nitrogens is 1. The van der Waals surface area contributed by atoms with E-state index in [0.717, 1.165) is 11.0 Å². The Morgan fingerprint density at radius 2 is 1.90 bits per heavy atom. The third-order valence-electron chi connectivity index (χ3n) is 2.32. The highest BCUT2D eigenvalue weighted by Crippen LogP contribution is 2.20. The van der Waals surface area contributed by atoms with Gasteiger partial charge in [0.1, 0.15) is 4.60 Å². The second-order valence-corrected chi connectivity index (χ2v) is 6.60. The van der Waals surface area contributed by atoms with Crippen LogP contribution in [0.1, 0.15) is 5.56 Å². The molecule has 0 amide bonds. The summed E-state index contributed by atoms with van der Waals surface area (Å²) < 4.78 is 26.7. The standard InChI is InChI=1S/C13H10BrClN2O2S/c14-13-12(2-1-8-16-13)17-20(18,19)9-7-10-3-5-11(15)6-4-10/h1-9,17H/b9-7+. The van der Waals surface area contributed by atoms with E-state index in [2.05, 4.69) is 25.6 Å². The van der Waals surface area contributed by atoms with Crippen LogP contribution in [0.15, 0.2) is 52.6 Å². The molecule has 20 heavy (non-hydrogen) atoms. The van der Waals surface area contributed by atoms with Crippen molar-refractivity contribution in [2.45, 2.75) is 0 Å². The molecule has 0 aliphatic rings. The molecule has 0 fully saturated rings. The van der Waals surface area contributed by atoms with Crippen LogP contribution < -0.4 is 4.72 Å². The van der Waals surface area contributed by atoms with Crippen molar-refractivity contribution in [3.63, 3.8) is 0 Å². The lowest BCUT2D eigenvalue weighted by molar-refractivity contribution is 0.609. The lowest BCUT2D eigenvalue weighted by Gasteiger charge is -2.05. The molecule has 0 saturated carbocycles. The molecule has 1 aromatic heterocycles. The van der Waals surface area contributed by atoms with Crippen LogP contribution in [-0.2, 0) is 10.0 Å². The Kier molecular flexibility index (Phi) is 4.80. The fourth-order valence-corrected chi connectivity index (χ4v) is 2.87. The van der Waals surface area contributed by atoms with E-state index in [1.807, 2.05) is 0 Å². The molecule has 0 aliphatic heterocycles. The fraction of sp³-hybridized carbons (Fsp3) is 0. The molecule has 1 aromatic carbocycles. The van der Waals surface area contributed by atoms with Crippen LogP contribution in [-0.4, -0.2) is 13.4 Å². The van der Waals surface area contributed by atoms with Crippen molar-refractivity contribution in [3.05, 3.63) is 63.2 Å². The summed E-state index contributed by atoms with van der Waals surface area (Å²) in [6.07, 6.45) is 3.05. The summed E-state index contributed by atoms with van der Waals surface area (Å²) in [4.78, 5) is 3.94. The topological polar surface area (TPSA) is 59.1 Å². The first-order chi connectivity index (χ1) is 9.46. The molecule has 0 unspecified atom stereocenters. The molecule has 2 aromatic rings. The van der Waals surface area contributed by atoms with Gasteiger partial charge in [-0.1, -0.05) is 23.7 Å². The van der Waals surface area contributed by atoms with Gasteiger partial charge < -0.3 is 0 Å². The Morgan fingerprint density at radius 1 is 1.20 bits per heavy atom. The van der Waals surface area contributed by atoms with Crippen molar-refractivity contribution in [3.8, 4) is 0 Å². The van der Waals surface area contributed by atoms with Gasteiger partial charge in [0.2, 0.25) is 0 Å². The largest absolute Gasteiger partial charge is 0.277 e. The first-order valence-corrected chi connectivity index (χ1v) is 8.25. The number of sulfonamides is 1. The minimum absolute atomic E-state index is 0.383. The minimum atomic E-state index is -3.60. The van der Waals surface area contributed by atoms with Crippen LogP contribution in [0, 0.1) is 0 Å². The summed E-state index contributed by atoms with van der Waals surface area (Å²) in [6.45, 7) is 0. The summed E-state index contributed by atoms with van der Waals surface area (Å²) in [7, 11) is -3.60. The van der Waals surface area contributed by atoms with Crippen LogP contribution >= 0.6 is 27.5 Å². The molecule has 7 heteroatoms. The molecule has 0 aliphatic carbocycles. The highest BCUT2D eigenvalue weighted by atomic mass is 79.9. The molecule has 0 spiro atoms. The normalized spacial score (nSPS) is 11.7. The van der Waals surface area contributed by atoms with E-state index in [1.54, 1.807) is 42.6 Å². The van der Waals surface area contributed by atoms with Gasteiger partial charge in [0.25, 0.3) is 10.0 Å². The quantitative estimate of drug-likeness (QED) is 0.827. The second kappa shape index (κ2) is 6.39. The molecular weight excluding hydrogens is 364 g/mol. The Bertz CT molecular complexity index is 730. The Labute approximate surface area is 130 Å². The van der Waals surface area contributed by atoms with E-state index >= 15 is 0 Å². The Morgan fingerprint density at radius 3 is 2.55 bits per heavy atom. The van der Waals surface area contributed by atoms with Gasteiger partial charge in [0.15, 0.2) is 0 Å². The van der Waals surface area contributed by atoms with Crippen LogP contribution in [0.5, 0.6) is 0 Å². The maximum atomic E-state index is 11.9. The molecular formula is C13H10BrClN2O2S. The van der Waals surface area contributed by atoms with Crippen molar-refractivity contribution in [2.75, 3.05) is 4.72 Å². The van der Waals surface area contributed by atoms with Gasteiger partial charge >= 0.3 is 0 Å². The number of hydrogen-bond donors (Lipinski definition) is 1. The molecule has 0 saturated heterocycles. The highest BCUT2D eigenvalue weighted by molar-refractivity contribution is 9.10. The number of anilines is 1. The number of nitrogens with zero attached hydrogens (tertiary/aromatic N) is 1. The number of nitrogens with one attached hydrogen (secondary N) is 1. The van der Waals surface area contributed by atoms with Crippen LogP contribution in [0.25, 0.3) is 6.08 Å². The van der Waals surface area contributed by atoms with Crippen LogP contribution in [0.4, 0.5) is 5.69 Å². The lowest BCUT2D eigenvalue weighted by Crippen LogP contribution is -2.09. The molecule has 104 valence electrons. The minimum Gasteiger partial charge on any atom is -0.277 e. The maximum absolute atomic E-state index is 11.9. The number of pyridine rings is 1. The summed E-state index contributed by atoms with van der Waals surface area (Å²) >= 11 is 8.94. The average molecular weight is 374 g/mol. The van der Waals surface area contributed by atoms with Gasteiger partial charge in [0.05, 0.1) is 11.1 Å². The maximum Gasteiger partial charge on any atom is 0.255 e. The smallest absolute Gasteiger partial charge is 0.255 e. The Hall–Kier alpha value is -1.37. The van der Waals surface area contributed by atoms with E-state index in [0.29, 0.717) is 15.3 Å².